The number of ether oxygens (including phenoxy) is 2. The zero-order valence-electron chi connectivity index (χ0n) is 16.8. The lowest BCUT2D eigenvalue weighted by Gasteiger charge is -2.51. The van der Waals surface area contributed by atoms with E-state index in [1.54, 1.807) is 19.4 Å². The van der Waals surface area contributed by atoms with Crippen molar-refractivity contribution in [3.63, 3.8) is 0 Å². The highest BCUT2D eigenvalue weighted by Gasteiger charge is 2.44. The topological polar surface area (TPSA) is 71.9 Å². The van der Waals surface area contributed by atoms with Crippen LogP contribution >= 0.6 is 0 Å². The van der Waals surface area contributed by atoms with Gasteiger partial charge in [0.05, 0.1) is 18.7 Å². The maximum absolute atomic E-state index is 12.0. The van der Waals surface area contributed by atoms with Crippen LogP contribution in [0.3, 0.4) is 0 Å². The van der Waals surface area contributed by atoms with E-state index in [4.69, 9.17) is 9.47 Å². The number of hydrogen-bond acceptors (Lipinski definition) is 6. The number of pyridine rings is 1. The molecule has 3 aliphatic heterocycles. The van der Waals surface area contributed by atoms with Crippen molar-refractivity contribution in [3.05, 3.63) is 48.7 Å². The first-order valence-corrected chi connectivity index (χ1v) is 10.2. The lowest BCUT2D eigenvalue weighted by molar-refractivity contribution is -0.146. The van der Waals surface area contributed by atoms with E-state index in [2.05, 4.69) is 16.5 Å². The van der Waals surface area contributed by atoms with E-state index in [-0.39, 0.29) is 18.6 Å². The van der Waals surface area contributed by atoms with E-state index < -0.39 is 6.10 Å². The quantitative estimate of drug-likeness (QED) is 0.573. The summed E-state index contributed by atoms with van der Waals surface area (Å²) in [6, 6.07) is 7.69. The highest BCUT2D eigenvalue weighted by molar-refractivity contribution is 5.84. The van der Waals surface area contributed by atoms with Gasteiger partial charge in [-0.15, -0.1) is 0 Å². The van der Waals surface area contributed by atoms with Gasteiger partial charge in [-0.25, -0.2) is 0 Å². The molecule has 1 unspecified atom stereocenters. The summed E-state index contributed by atoms with van der Waals surface area (Å²) < 4.78 is 10.5. The second kappa shape index (κ2) is 8.51. The maximum Gasteiger partial charge on any atom is 0.306 e. The molecule has 1 aromatic carbocycles. The second-order valence-electron chi connectivity index (χ2n) is 8.01. The van der Waals surface area contributed by atoms with Crippen molar-refractivity contribution in [3.8, 4) is 5.75 Å². The smallest absolute Gasteiger partial charge is 0.306 e. The number of piperidine rings is 3. The molecule has 3 saturated heterocycles. The minimum atomic E-state index is -0.607. The van der Waals surface area contributed by atoms with E-state index in [1.807, 2.05) is 24.3 Å². The van der Waals surface area contributed by atoms with Crippen LogP contribution in [0.2, 0.25) is 0 Å². The van der Waals surface area contributed by atoms with Crippen molar-refractivity contribution in [1.82, 2.24) is 9.88 Å². The standard InChI is InChI=1S/C23H28N2O4/c1-3-10-29-22(26)12-16-14-25-9-7-15(16)11-21(25)23(27)18-6-8-24-20-5-4-17(28-2)13-19(18)20/h3-6,8,13,15-16,21,23,27H,1,7,9-12,14H2,2H3/t15-,16-,21-,23+/m0/s1. The summed E-state index contributed by atoms with van der Waals surface area (Å²) in [6.07, 6.45) is 5.12. The van der Waals surface area contributed by atoms with E-state index in [0.717, 1.165) is 48.1 Å². The number of aliphatic hydroxyl groups excluding tert-OH is 1. The predicted molar refractivity (Wildman–Crippen MR) is 111 cm³/mol. The number of rotatable bonds is 7. The van der Waals surface area contributed by atoms with Gasteiger partial charge >= 0.3 is 5.97 Å². The van der Waals surface area contributed by atoms with Gasteiger partial charge in [0.25, 0.3) is 0 Å². The molecule has 0 aliphatic carbocycles. The Morgan fingerprint density at radius 2 is 2.31 bits per heavy atom. The maximum atomic E-state index is 12.0. The average molecular weight is 396 g/mol. The lowest BCUT2D eigenvalue weighted by atomic mass is 9.72. The normalized spacial score (nSPS) is 26.8. The third-order valence-electron chi connectivity index (χ3n) is 6.39. The summed E-state index contributed by atoms with van der Waals surface area (Å²) in [7, 11) is 1.64. The third-order valence-corrected chi connectivity index (χ3v) is 6.39. The van der Waals surface area contributed by atoms with E-state index in [0.29, 0.717) is 18.3 Å². The first kappa shape index (κ1) is 19.9. The highest BCUT2D eigenvalue weighted by atomic mass is 16.5. The largest absolute Gasteiger partial charge is 0.497 e. The minimum Gasteiger partial charge on any atom is -0.497 e. The molecule has 5 rings (SSSR count). The molecular weight excluding hydrogens is 368 g/mol. The number of esters is 1. The number of fused-ring (bicyclic) bond motifs is 4. The van der Waals surface area contributed by atoms with Crippen molar-refractivity contribution < 1.29 is 19.4 Å². The Morgan fingerprint density at radius 3 is 3.03 bits per heavy atom. The zero-order valence-corrected chi connectivity index (χ0v) is 16.8. The first-order chi connectivity index (χ1) is 14.1. The third kappa shape index (κ3) is 4.00. The fourth-order valence-electron chi connectivity index (χ4n) is 4.90. The molecule has 0 radical (unpaired) electrons. The molecule has 4 heterocycles. The number of carbonyl (C=O) groups excluding carboxylic acids is 1. The van der Waals surface area contributed by atoms with Gasteiger partial charge < -0.3 is 14.6 Å². The molecule has 0 saturated carbocycles. The number of aromatic nitrogens is 1. The Balaban J connectivity index is 1.51. The summed E-state index contributed by atoms with van der Waals surface area (Å²) in [6.45, 7) is 5.62. The molecule has 3 fully saturated rings. The Bertz CT molecular complexity index is 900. The van der Waals surface area contributed by atoms with Crippen molar-refractivity contribution in [2.24, 2.45) is 11.8 Å². The monoisotopic (exact) mass is 396 g/mol. The van der Waals surface area contributed by atoms with Crippen molar-refractivity contribution in [2.45, 2.75) is 31.4 Å². The summed E-state index contributed by atoms with van der Waals surface area (Å²) in [5.41, 5.74) is 1.73. The van der Waals surface area contributed by atoms with Gasteiger partial charge in [0.1, 0.15) is 12.4 Å². The van der Waals surface area contributed by atoms with Crippen LogP contribution in [-0.4, -0.2) is 53.8 Å². The van der Waals surface area contributed by atoms with Crippen LogP contribution < -0.4 is 4.74 Å². The van der Waals surface area contributed by atoms with Gasteiger partial charge in [0.15, 0.2) is 0 Å². The van der Waals surface area contributed by atoms with Crippen LogP contribution in [0.25, 0.3) is 10.9 Å². The zero-order chi connectivity index (χ0) is 20.4. The lowest BCUT2D eigenvalue weighted by Crippen LogP contribution is -2.55. The Morgan fingerprint density at radius 1 is 1.45 bits per heavy atom. The molecule has 154 valence electrons. The SMILES string of the molecule is C=CCOC(=O)C[C@H]1CN2CC[C@H]1C[C@H]2[C@H](O)c1ccnc2ccc(OC)cc12. The Kier molecular flexibility index (Phi) is 5.83. The molecule has 1 N–H and O–H groups in total. The number of hydrogen-bond donors (Lipinski definition) is 1. The average Bonchev–Trinajstić information content (AvgIpc) is 2.76. The molecule has 3 aliphatic rings. The van der Waals surface area contributed by atoms with E-state index in [1.165, 1.54) is 0 Å². The fourth-order valence-corrected chi connectivity index (χ4v) is 4.90. The van der Waals surface area contributed by atoms with Gasteiger partial charge in [0.2, 0.25) is 0 Å². The molecule has 1 aromatic heterocycles. The van der Waals surface area contributed by atoms with Gasteiger partial charge in [-0.1, -0.05) is 12.7 Å². The highest BCUT2D eigenvalue weighted by Crippen LogP contribution is 2.43. The summed E-state index contributed by atoms with van der Waals surface area (Å²) in [4.78, 5) is 18.8. The van der Waals surface area contributed by atoms with Gasteiger partial charge in [-0.05, 0) is 61.1 Å². The number of methoxy groups -OCH3 is 1. The molecule has 0 amide bonds. The molecule has 5 atom stereocenters. The molecule has 29 heavy (non-hydrogen) atoms. The van der Waals surface area contributed by atoms with Gasteiger partial charge in [-0.3, -0.25) is 14.7 Å². The minimum absolute atomic E-state index is 0.0472. The van der Waals surface area contributed by atoms with Crippen LogP contribution in [0.4, 0.5) is 0 Å². The van der Waals surface area contributed by atoms with E-state index >= 15 is 0 Å². The van der Waals surface area contributed by atoms with E-state index in [9.17, 15) is 9.90 Å². The molecule has 6 heteroatoms. The van der Waals surface area contributed by atoms with Crippen LogP contribution in [0.1, 0.15) is 30.9 Å². The van der Waals surface area contributed by atoms with Gasteiger partial charge in [0, 0.05) is 30.6 Å². The van der Waals surface area contributed by atoms with Crippen molar-refractivity contribution in [1.29, 1.82) is 0 Å². The molecule has 0 spiro atoms. The number of carbonyl (C=O) groups is 1. The predicted octanol–water partition coefficient (Wildman–Crippen LogP) is 3.11. The fraction of sp³-hybridized carbons (Fsp3) is 0.478. The number of nitrogens with zero attached hydrogens (tertiary/aromatic N) is 2. The molecular formula is C23H28N2O4. The Labute approximate surface area is 171 Å². The second-order valence-corrected chi connectivity index (χ2v) is 8.01. The molecule has 2 bridgehead atoms. The van der Waals surface area contributed by atoms with Crippen molar-refractivity contribution >= 4 is 16.9 Å². The number of aliphatic hydroxyl groups is 1. The summed E-state index contributed by atoms with van der Waals surface area (Å²) in [5.74, 6) is 1.31. The summed E-state index contributed by atoms with van der Waals surface area (Å²) >= 11 is 0. The van der Waals surface area contributed by atoms with Crippen LogP contribution in [-0.2, 0) is 9.53 Å². The molecule has 2 aromatic rings. The van der Waals surface area contributed by atoms with Gasteiger partial charge in [-0.2, -0.15) is 0 Å². The summed E-state index contributed by atoms with van der Waals surface area (Å²) in [5, 5.41) is 12.2. The first-order valence-electron chi connectivity index (χ1n) is 10.2. The van der Waals surface area contributed by atoms with Crippen molar-refractivity contribution in [2.75, 3.05) is 26.8 Å². The van der Waals surface area contributed by atoms with Crippen LogP contribution in [0.5, 0.6) is 5.75 Å². The Hall–Kier alpha value is -2.44. The number of benzene rings is 1. The van der Waals surface area contributed by atoms with Crippen LogP contribution in [0.15, 0.2) is 43.1 Å². The van der Waals surface area contributed by atoms with Crippen LogP contribution in [0, 0.1) is 11.8 Å². The molecule has 6 nitrogen and oxygen atoms in total.